The fraction of sp³-hybridized carbons (Fsp3) is 0.423. The average molecular weight is 490 g/mol. The van der Waals surface area contributed by atoms with Crippen LogP contribution in [0.1, 0.15) is 40.5 Å². The highest BCUT2D eigenvalue weighted by Crippen LogP contribution is 2.36. The third-order valence-corrected chi connectivity index (χ3v) is 7.60. The molecule has 4 aromatic rings. The van der Waals surface area contributed by atoms with E-state index in [-0.39, 0.29) is 16.6 Å². The van der Waals surface area contributed by atoms with Gasteiger partial charge in [-0.3, -0.25) is 4.79 Å². The molecule has 0 saturated carbocycles. The van der Waals surface area contributed by atoms with E-state index in [1.54, 1.807) is 24.5 Å². The summed E-state index contributed by atoms with van der Waals surface area (Å²) in [5.74, 6) is 0.869. The molecular formula is C26H31N7OS. The van der Waals surface area contributed by atoms with Gasteiger partial charge in [-0.2, -0.15) is 0 Å². The molecule has 0 atom stereocenters. The van der Waals surface area contributed by atoms with Crippen molar-refractivity contribution < 1.29 is 0 Å². The van der Waals surface area contributed by atoms with E-state index in [2.05, 4.69) is 65.1 Å². The first-order valence-electron chi connectivity index (χ1n) is 11.8. The molecule has 0 spiro atoms. The van der Waals surface area contributed by atoms with E-state index in [0.717, 1.165) is 45.7 Å². The second-order valence-corrected chi connectivity index (χ2v) is 11.6. The number of nitrogens with one attached hydrogen (secondary N) is 1. The van der Waals surface area contributed by atoms with Crippen molar-refractivity contribution in [2.75, 3.05) is 11.9 Å². The van der Waals surface area contributed by atoms with Crippen LogP contribution in [-0.4, -0.2) is 48.9 Å². The highest BCUT2D eigenvalue weighted by molar-refractivity contribution is 7.17. The van der Waals surface area contributed by atoms with Crippen LogP contribution in [0.4, 0.5) is 5.82 Å². The summed E-state index contributed by atoms with van der Waals surface area (Å²) in [4.78, 5) is 23.4. The maximum atomic E-state index is 12.1. The maximum Gasteiger partial charge on any atom is 0.253 e. The Labute approximate surface area is 209 Å². The average Bonchev–Trinajstić information content (AvgIpc) is 3.28. The van der Waals surface area contributed by atoms with Crippen LogP contribution in [-0.2, 0) is 7.05 Å². The number of anilines is 1. The van der Waals surface area contributed by atoms with Crippen molar-refractivity contribution in [1.82, 2.24) is 30.0 Å². The fourth-order valence-corrected chi connectivity index (χ4v) is 6.19. The van der Waals surface area contributed by atoms with E-state index >= 15 is 0 Å². The molecule has 5 rings (SSSR count). The largest absolute Gasteiger partial charge is 0.355 e. The van der Waals surface area contributed by atoms with Crippen LogP contribution in [0, 0.1) is 0 Å². The normalized spacial score (nSPS) is 17.5. The van der Waals surface area contributed by atoms with Gasteiger partial charge in [0.25, 0.3) is 5.56 Å². The van der Waals surface area contributed by atoms with E-state index in [4.69, 9.17) is 0 Å². The molecule has 182 valence electrons. The first-order valence-corrected chi connectivity index (χ1v) is 12.7. The second kappa shape index (κ2) is 8.49. The fourth-order valence-electron chi connectivity index (χ4n) is 5.35. The van der Waals surface area contributed by atoms with E-state index in [0.29, 0.717) is 11.7 Å². The molecule has 1 aliphatic heterocycles. The minimum absolute atomic E-state index is 0.0609. The molecule has 0 radical (unpaired) electrons. The van der Waals surface area contributed by atoms with Crippen LogP contribution >= 0.6 is 11.3 Å². The van der Waals surface area contributed by atoms with Gasteiger partial charge >= 0.3 is 0 Å². The number of hydrogen-bond donors (Lipinski definition) is 1. The quantitative estimate of drug-likeness (QED) is 0.458. The number of aromatic nitrogens is 5. The van der Waals surface area contributed by atoms with Crippen molar-refractivity contribution >= 4 is 27.4 Å². The Bertz CT molecular complexity index is 1420. The number of nitrogens with zero attached hydrogens (tertiary/aromatic N) is 6. The molecule has 0 bridgehead atoms. The lowest BCUT2D eigenvalue weighted by atomic mass is 9.79. The van der Waals surface area contributed by atoms with Gasteiger partial charge in [0.05, 0.1) is 33.4 Å². The smallest absolute Gasteiger partial charge is 0.253 e. The summed E-state index contributed by atoms with van der Waals surface area (Å²) in [5.41, 5.74) is 5.87. The maximum absolute atomic E-state index is 12.1. The molecule has 0 unspecified atom stereocenters. The summed E-state index contributed by atoms with van der Waals surface area (Å²) in [6.07, 6.45) is 3.61. The highest BCUT2D eigenvalue weighted by atomic mass is 32.1. The van der Waals surface area contributed by atoms with Gasteiger partial charge < -0.3 is 14.8 Å². The predicted octanol–water partition coefficient (Wildman–Crippen LogP) is 4.26. The number of thiazole rings is 1. The molecule has 0 amide bonds. The molecule has 0 aliphatic carbocycles. The molecule has 9 heteroatoms. The third-order valence-electron chi connectivity index (χ3n) is 6.74. The molecule has 35 heavy (non-hydrogen) atoms. The highest BCUT2D eigenvalue weighted by Gasteiger charge is 2.39. The van der Waals surface area contributed by atoms with Crippen LogP contribution < -0.4 is 15.8 Å². The standard InChI is InChI=1S/C26H31N7OS/c1-25(2)12-16(13-26(3,4)31-25)33(6)21-10-9-19(29-30-21)18-8-7-17(23-24(18)35-15-28-23)20-11-22(34)32(5)14-27-20/h7-11,14-16,31H,12-13H2,1-6H3. The summed E-state index contributed by atoms with van der Waals surface area (Å²) in [6.45, 7) is 9.04. The summed E-state index contributed by atoms with van der Waals surface area (Å²) in [7, 11) is 3.80. The van der Waals surface area contributed by atoms with Crippen molar-refractivity contribution in [2.24, 2.45) is 7.05 Å². The lowest BCUT2D eigenvalue weighted by Gasteiger charge is -2.49. The monoisotopic (exact) mass is 489 g/mol. The van der Waals surface area contributed by atoms with Crippen LogP contribution in [0.2, 0.25) is 0 Å². The van der Waals surface area contributed by atoms with Gasteiger partial charge in [0, 0.05) is 48.4 Å². The summed E-state index contributed by atoms with van der Waals surface area (Å²) in [5, 5.41) is 12.9. The first-order chi connectivity index (χ1) is 16.5. The minimum Gasteiger partial charge on any atom is -0.355 e. The molecular weight excluding hydrogens is 458 g/mol. The van der Waals surface area contributed by atoms with Gasteiger partial charge in [0.15, 0.2) is 5.82 Å². The number of fused-ring (bicyclic) bond motifs is 1. The van der Waals surface area contributed by atoms with Gasteiger partial charge in [0.1, 0.15) is 0 Å². The van der Waals surface area contributed by atoms with Gasteiger partial charge in [-0.05, 0) is 58.7 Å². The Balaban J connectivity index is 1.45. The van der Waals surface area contributed by atoms with Crippen molar-refractivity contribution in [3.05, 3.63) is 52.5 Å². The number of piperidine rings is 1. The Morgan fingerprint density at radius 3 is 2.37 bits per heavy atom. The zero-order valence-corrected chi connectivity index (χ0v) is 21.8. The predicted molar refractivity (Wildman–Crippen MR) is 142 cm³/mol. The van der Waals surface area contributed by atoms with E-state index in [9.17, 15) is 4.79 Å². The topological polar surface area (TPSA) is 88.8 Å². The van der Waals surface area contributed by atoms with Gasteiger partial charge in [-0.25, -0.2) is 9.97 Å². The second-order valence-electron chi connectivity index (χ2n) is 10.8. The molecule has 8 nitrogen and oxygen atoms in total. The van der Waals surface area contributed by atoms with Crippen LogP contribution in [0.3, 0.4) is 0 Å². The van der Waals surface area contributed by atoms with Crippen molar-refractivity contribution in [2.45, 2.75) is 57.7 Å². The molecule has 1 saturated heterocycles. The minimum atomic E-state index is -0.103. The molecule has 1 N–H and O–H groups in total. The van der Waals surface area contributed by atoms with E-state index < -0.39 is 0 Å². The van der Waals surface area contributed by atoms with Crippen LogP contribution in [0.15, 0.2) is 47.0 Å². The van der Waals surface area contributed by atoms with Crippen molar-refractivity contribution in [3.8, 4) is 22.5 Å². The first kappa shape index (κ1) is 23.6. The molecule has 1 fully saturated rings. The number of rotatable bonds is 4. The number of aryl methyl sites for hydroxylation is 1. The molecule has 1 aromatic carbocycles. The number of hydrogen-bond acceptors (Lipinski definition) is 8. The Hall–Kier alpha value is -3.17. The SMILES string of the molecule is CN(c1ccc(-c2ccc(-c3cc(=O)n(C)cn3)c3ncsc23)nn1)C1CC(C)(C)NC(C)(C)C1. The molecule has 3 aromatic heterocycles. The van der Waals surface area contributed by atoms with Gasteiger partial charge in [-0.15, -0.1) is 21.5 Å². The zero-order valence-electron chi connectivity index (χ0n) is 21.0. The summed E-state index contributed by atoms with van der Waals surface area (Å²) in [6, 6.07) is 9.97. The lowest BCUT2D eigenvalue weighted by Crippen LogP contribution is -2.62. The van der Waals surface area contributed by atoms with Gasteiger partial charge in [0.2, 0.25) is 0 Å². The summed E-state index contributed by atoms with van der Waals surface area (Å²) < 4.78 is 2.46. The van der Waals surface area contributed by atoms with Gasteiger partial charge in [-0.1, -0.05) is 6.07 Å². The molecule has 1 aliphatic rings. The van der Waals surface area contributed by atoms with Crippen LogP contribution in [0.5, 0.6) is 0 Å². The zero-order chi connectivity index (χ0) is 25.0. The third kappa shape index (κ3) is 4.58. The van der Waals surface area contributed by atoms with Crippen molar-refractivity contribution in [3.63, 3.8) is 0 Å². The van der Waals surface area contributed by atoms with E-state index in [1.165, 1.54) is 10.9 Å². The summed E-state index contributed by atoms with van der Waals surface area (Å²) >= 11 is 1.55. The van der Waals surface area contributed by atoms with Crippen LogP contribution in [0.25, 0.3) is 32.7 Å². The molecule has 4 heterocycles. The Morgan fingerprint density at radius 1 is 1.00 bits per heavy atom. The number of benzene rings is 1. The Morgan fingerprint density at radius 2 is 1.71 bits per heavy atom. The lowest BCUT2D eigenvalue weighted by molar-refractivity contribution is 0.160. The van der Waals surface area contributed by atoms with Crippen molar-refractivity contribution in [1.29, 1.82) is 0 Å². The van der Waals surface area contributed by atoms with E-state index in [1.807, 2.05) is 29.8 Å². The Kier molecular flexibility index (Phi) is 5.72.